The summed E-state index contributed by atoms with van der Waals surface area (Å²) in [7, 11) is 0. The van der Waals surface area contributed by atoms with Crippen molar-refractivity contribution in [3.8, 4) is 5.75 Å². The number of nitrogens with one attached hydrogen (secondary N) is 2. The summed E-state index contributed by atoms with van der Waals surface area (Å²) in [5.74, 6) is 0.454. The first-order valence-electron chi connectivity index (χ1n) is 9.48. The molecule has 0 aliphatic heterocycles. The fourth-order valence-corrected chi connectivity index (χ4v) is 5.52. The van der Waals surface area contributed by atoms with E-state index in [4.69, 9.17) is 4.74 Å². The standard InChI is InChI=1S/C21H17F3I2N4O2S/c1-2-32-19-16(25)6-12(7-17(19)26)10-27-30-18(31)9-15-11-33-20(29-15)28-14-5-3-4-13(8-14)21(22,23)24/h3-8,10-11H,2,9H2,1H3,(H,28,29)(H,30,31)/b27-10-. The molecule has 12 heteroatoms. The smallest absolute Gasteiger partial charge is 0.416 e. The number of hydrogen-bond acceptors (Lipinski definition) is 6. The van der Waals surface area contributed by atoms with Crippen LogP contribution in [0.3, 0.4) is 0 Å². The molecule has 2 N–H and O–H groups in total. The van der Waals surface area contributed by atoms with Crippen LogP contribution >= 0.6 is 56.5 Å². The summed E-state index contributed by atoms with van der Waals surface area (Å²) in [6, 6.07) is 8.63. The van der Waals surface area contributed by atoms with Gasteiger partial charge in [-0.3, -0.25) is 4.79 Å². The number of halogens is 5. The molecule has 0 bridgehead atoms. The van der Waals surface area contributed by atoms with Crippen molar-refractivity contribution in [3.05, 3.63) is 65.7 Å². The first-order chi connectivity index (χ1) is 15.7. The Hall–Kier alpha value is -1.94. The summed E-state index contributed by atoms with van der Waals surface area (Å²) < 4.78 is 46.0. The summed E-state index contributed by atoms with van der Waals surface area (Å²) in [4.78, 5) is 16.4. The van der Waals surface area contributed by atoms with Gasteiger partial charge in [0.25, 0.3) is 0 Å². The zero-order valence-corrected chi connectivity index (χ0v) is 22.2. The molecular formula is C21H17F3I2N4O2S. The van der Waals surface area contributed by atoms with Crippen molar-refractivity contribution < 1.29 is 22.7 Å². The van der Waals surface area contributed by atoms with Crippen molar-refractivity contribution in [1.82, 2.24) is 10.4 Å². The monoisotopic (exact) mass is 700 g/mol. The second-order valence-electron chi connectivity index (χ2n) is 6.56. The molecule has 6 nitrogen and oxygen atoms in total. The summed E-state index contributed by atoms with van der Waals surface area (Å²) in [5.41, 5.74) is 3.26. The number of anilines is 2. The molecule has 0 atom stereocenters. The molecule has 0 saturated heterocycles. The predicted octanol–water partition coefficient (Wildman–Crippen LogP) is 6.21. The molecular weight excluding hydrogens is 683 g/mol. The fraction of sp³-hybridized carbons (Fsp3) is 0.190. The van der Waals surface area contributed by atoms with Gasteiger partial charge in [0.15, 0.2) is 5.13 Å². The van der Waals surface area contributed by atoms with E-state index in [-0.39, 0.29) is 18.0 Å². The third-order valence-corrected chi connectivity index (χ3v) is 6.46. The Morgan fingerprint density at radius 3 is 2.64 bits per heavy atom. The van der Waals surface area contributed by atoms with Crippen LogP contribution in [0.15, 0.2) is 46.9 Å². The zero-order valence-electron chi connectivity index (χ0n) is 17.0. The lowest BCUT2D eigenvalue weighted by Gasteiger charge is -2.09. The largest absolute Gasteiger partial charge is 0.492 e. The van der Waals surface area contributed by atoms with Gasteiger partial charge in [-0.1, -0.05) is 6.07 Å². The highest BCUT2D eigenvalue weighted by Crippen LogP contribution is 2.32. The number of amides is 1. The van der Waals surface area contributed by atoms with E-state index >= 15 is 0 Å². The number of carbonyl (C=O) groups is 1. The highest BCUT2D eigenvalue weighted by molar-refractivity contribution is 14.1. The number of aromatic nitrogens is 1. The number of ether oxygens (including phenoxy) is 1. The number of rotatable bonds is 8. The number of thiazole rings is 1. The molecule has 0 fully saturated rings. The third kappa shape index (κ3) is 7.53. The summed E-state index contributed by atoms with van der Waals surface area (Å²) in [6.07, 6.45) is -2.90. The quantitative estimate of drug-likeness (QED) is 0.167. The van der Waals surface area contributed by atoms with E-state index in [2.05, 4.69) is 66.0 Å². The average molecular weight is 700 g/mol. The molecule has 0 unspecified atom stereocenters. The molecule has 0 aliphatic carbocycles. The maximum Gasteiger partial charge on any atom is 0.416 e. The molecule has 0 saturated carbocycles. The van der Waals surface area contributed by atoms with Gasteiger partial charge >= 0.3 is 6.18 Å². The zero-order chi connectivity index (χ0) is 24.0. The van der Waals surface area contributed by atoms with Crippen LogP contribution in [-0.4, -0.2) is 23.7 Å². The maximum absolute atomic E-state index is 12.8. The Labute approximate surface area is 219 Å². The molecule has 0 aliphatic rings. The molecule has 1 amide bonds. The Kier molecular flexibility index (Phi) is 8.92. The van der Waals surface area contributed by atoms with Crippen molar-refractivity contribution >= 4 is 79.5 Å². The lowest BCUT2D eigenvalue weighted by molar-refractivity contribution is -0.137. The Morgan fingerprint density at radius 2 is 1.97 bits per heavy atom. The van der Waals surface area contributed by atoms with E-state index in [0.717, 1.165) is 30.6 Å². The lowest BCUT2D eigenvalue weighted by atomic mass is 10.2. The van der Waals surface area contributed by atoms with Crippen LogP contribution in [0.5, 0.6) is 5.75 Å². The first kappa shape index (κ1) is 25.7. The highest BCUT2D eigenvalue weighted by atomic mass is 127. The van der Waals surface area contributed by atoms with Gasteiger partial charge in [-0.05, 0) is 88.0 Å². The number of nitrogens with zero attached hydrogens (tertiary/aromatic N) is 2. The van der Waals surface area contributed by atoms with E-state index in [9.17, 15) is 18.0 Å². The molecule has 1 heterocycles. The van der Waals surface area contributed by atoms with Crippen LogP contribution in [0.4, 0.5) is 24.0 Å². The molecule has 0 spiro atoms. The van der Waals surface area contributed by atoms with Crippen LogP contribution in [0.1, 0.15) is 23.7 Å². The number of alkyl halides is 3. The molecule has 3 rings (SSSR count). The predicted molar refractivity (Wildman–Crippen MR) is 139 cm³/mol. The Balaban J connectivity index is 1.56. The molecule has 3 aromatic rings. The van der Waals surface area contributed by atoms with Crippen molar-refractivity contribution in [3.63, 3.8) is 0 Å². The minimum absolute atomic E-state index is 0.0174. The van der Waals surface area contributed by atoms with Crippen molar-refractivity contribution in [2.24, 2.45) is 5.10 Å². The highest BCUT2D eigenvalue weighted by Gasteiger charge is 2.30. The van der Waals surface area contributed by atoms with Gasteiger partial charge in [-0.25, -0.2) is 10.4 Å². The van der Waals surface area contributed by atoms with Crippen LogP contribution in [0, 0.1) is 7.14 Å². The minimum atomic E-state index is -4.42. The summed E-state index contributed by atoms with van der Waals surface area (Å²) in [5, 5.41) is 8.87. The maximum atomic E-state index is 12.8. The molecule has 33 heavy (non-hydrogen) atoms. The third-order valence-electron chi connectivity index (χ3n) is 4.05. The van der Waals surface area contributed by atoms with Crippen LogP contribution in [0.2, 0.25) is 0 Å². The minimum Gasteiger partial charge on any atom is -0.492 e. The van der Waals surface area contributed by atoms with Gasteiger partial charge in [0, 0.05) is 11.1 Å². The van der Waals surface area contributed by atoms with Crippen molar-refractivity contribution in [1.29, 1.82) is 0 Å². The molecule has 0 radical (unpaired) electrons. The van der Waals surface area contributed by atoms with E-state index in [1.54, 1.807) is 11.6 Å². The van der Waals surface area contributed by atoms with Crippen LogP contribution < -0.4 is 15.5 Å². The molecule has 2 aromatic carbocycles. The number of benzene rings is 2. The van der Waals surface area contributed by atoms with E-state index in [1.807, 2.05) is 19.1 Å². The van der Waals surface area contributed by atoms with Gasteiger partial charge in [-0.2, -0.15) is 18.3 Å². The van der Waals surface area contributed by atoms with Gasteiger partial charge in [-0.15, -0.1) is 11.3 Å². The molecule has 174 valence electrons. The first-order valence-corrected chi connectivity index (χ1v) is 12.5. The van der Waals surface area contributed by atoms with Crippen molar-refractivity contribution in [2.75, 3.05) is 11.9 Å². The van der Waals surface area contributed by atoms with E-state index < -0.39 is 11.7 Å². The number of hydrazone groups is 1. The summed E-state index contributed by atoms with van der Waals surface area (Å²) in [6.45, 7) is 2.49. The van der Waals surface area contributed by atoms with Gasteiger partial charge in [0.2, 0.25) is 5.91 Å². The summed E-state index contributed by atoms with van der Waals surface area (Å²) >= 11 is 5.56. The SMILES string of the molecule is CCOc1c(I)cc(/C=N\NC(=O)Cc2csc(Nc3cccc(C(F)(F)F)c3)n2)cc1I. The van der Waals surface area contributed by atoms with Gasteiger partial charge in [0.05, 0.1) is 37.6 Å². The Morgan fingerprint density at radius 1 is 1.24 bits per heavy atom. The van der Waals surface area contributed by atoms with Crippen LogP contribution in [0.25, 0.3) is 0 Å². The normalized spacial score (nSPS) is 11.6. The Bertz CT molecular complexity index is 1150. The molecule has 1 aromatic heterocycles. The fourth-order valence-electron chi connectivity index (χ4n) is 2.66. The van der Waals surface area contributed by atoms with E-state index in [1.165, 1.54) is 23.5 Å². The average Bonchev–Trinajstić information content (AvgIpc) is 3.17. The lowest BCUT2D eigenvalue weighted by Crippen LogP contribution is -2.20. The van der Waals surface area contributed by atoms with E-state index in [0.29, 0.717) is 17.4 Å². The number of hydrogen-bond donors (Lipinski definition) is 2. The van der Waals surface area contributed by atoms with Crippen LogP contribution in [-0.2, 0) is 17.4 Å². The van der Waals surface area contributed by atoms with Crippen molar-refractivity contribution in [2.45, 2.75) is 19.5 Å². The van der Waals surface area contributed by atoms with Gasteiger partial charge in [0.1, 0.15) is 5.75 Å². The number of carbonyl (C=O) groups excluding carboxylic acids is 1. The second-order valence-corrected chi connectivity index (χ2v) is 9.75. The topological polar surface area (TPSA) is 75.6 Å². The van der Waals surface area contributed by atoms with Gasteiger partial charge < -0.3 is 10.1 Å². The second kappa shape index (κ2) is 11.5.